The van der Waals surface area contributed by atoms with Gasteiger partial charge in [-0.25, -0.2) is 9.97 Å². The summed E-state index contributed by atoms with van der Waals surface area (Å²) in [4.78, 5) is 24.4. The van der Waals surface area contributed by atoms with Gasteiger partial charge in [0, 0.05) is 37.8 Å². The summed E-state index contributed by atoms with van der Waals surface area (Å²) in [7, 11) is 1.93. The summed E-state index contributed by atoms with van der Waals surface area (Å²) < 4.78 is 0. The second-order valence-electron chi connectivity index (χ2n) is 8.68. The highest BCUT2D eigenvalue weighted by molar-refractivity contribution is 5.99. The Balaban J connectivity index is 1.53. The summed E-state index contributed by atoms with van der Waals surface area (Å²) in [5, 5.41) is 13.6. The third kappa shape index (κ3) is 6.11. The minimum atomic E-state index is -0.671. The van der Waals surface area contributed by atoms with Crippen molar-refractivity contribution in [2.24, 2.45) is 5.92 Å². The lowest BCUT2D eigenvalue weighted by atomic mass is 9.97. The minimum absolute atomic E-state index is 0.168. The second-order valence-corrected chi connectivity index (χ2v) is 8.68. The first-order chi connectivity index (χ1) is 17.0. The first kappa shape index (κ1) is 24.1. The van der Waals surface area contributed by atoms with E-state index < -0.39 is 6.10 Å². The second kappa shape index (κ2) is 11.4. The highest BCUT2D eigenvalue weighted by Gasteiger charge is 2.21. The predicted octanol–water partition coefficient (Wildman–Crippen LogP) is 4.88. The van der Waals surface area contributed by atoms with Crippen molar-refractivity contribution < 1.29 is 9.90 Å². The van der Waals surface area contributed by atoms with Crippen molar-refractivity contribution in [3.63, 3.8) is 0 Å². The molecular formula is C29H30N4O2. The van der Waals surface area contributed by atoms with Gasteiger partial charge in [0.1, 0.15) is 0 Å². The zero-order chi connectivity index (χ0) is 24.6. The van der Waals surface area contributed by atoms with Crippen LogP contribution in [0.3, 0.4) is 0 Å². The van der Waals surface area contributed by atoms with E-state index in [0.29, 0.717) is 30.3 Å². The molecule has 2 N–H and O–H groups in total. The molecule has 0 fully saturated rings. The maximum atomic E-state index is 13.2. The molecular weight excluding hydrogens is 436 g/mol. The maximum absolute atomic E-state index is 13.2. The summed E-state index contributed by atoms with van der Waals surface area (Å²) in [6.07, 6.45) is 0.912. The van der Waals surface area contributed by atoms with Gasteiger partial charge in [-0.15, -0.1) is 0 Å². The molecule has 0 spiro atoms. The molecule has 35 heavy (non-hydrogen) atoms. The van der Waals surface area contributed by atoms with Gasteiger partial charge >= 0.3 is 0 Å². The summed E-state index contributed by atoms with van der Waals surface area (Å²) in [5.41, 5.74) is 3.78. The Morgan fingerprint density at radius 1 is 0.943 bits per heavy atom. The molecule has 0 aliphatic rings. The molecule has 0 aliphatic heterocycles. The van der Waals surface area contributed by atoms with Crippen molar-refractivity contribution >= 4 is 11.9 Å². The normalized spacial score (nSPS) is 12.5. The van der Waals surface area contributed by atoms with Crippen LogP contribution in [0, 0.1) is 5.92 Å². The Hall–Kier alpha value is -4.03. The van der Waals surface area contributed by atoms with E-state index in [1.165, 1.54) is 0 Å². The van der Waals surface area contributed by atoms with Crippen LogP contribution in [0.2, 0.25) is 0 Å². The van der Waals surface area contributed by atoms with Crippen LogP contribution in [0.25, 0.3) is 11.3 Å². The van der Waals surface area contributed by atoms with E-state index in [1.807, 2.05) is 97.7 Å². The molecule has 0 saturated carbocycles. The fourth-order valence-electron chi connectivity index (χ4n) is 3.91. The van der Waals surface area contributed by atoms with Crippen LogP contribution in [-0.4, -0.2) is 34.6 Å². The van der Waals surface area contributed by atoms with Crippen LogP contribution in [-0.2, 0) is 6.54 Å². The van der Waals surface area contributed by atoms with Gasteiger partial charge in [-0.05, 0) is 11.1 Å². The monoisotopic (exact) mass is 466 g/mol. The van der Waals surface area contributed by atoms with Gasteiger partial charge in [0.05, 0.1) is 17.4 Å². The molecule has 1 amide bonds. The average molecular weight is 467 g/mol. The van der Waals surface area contributed by atoms with Crippen LogP contribution in [0.1, 0.15) is 34.5 Å². The van der Waals surface area contributed by atoms with Crippen LogP contribution in [0.5, 0.6) is 0 Å². The highest BCUT2D eigenvalue weighted by atomic mass is 16.3. The van der Waals surface area contributed by atoms with Crippen LogP contribution < -0.4 is 10.2 Å². The van der Waals surface area contributed by atoms with E-state index in [1.54, 1.807) is 6.20 Å². The molecule has 0 bridgehead atoms. The van der Waals surface area contributed by atoms with Crippen LogP contribution in [0.4, 0.5) is 5.95 Å². The fourth-order valence-corrected chi connectivity index (χ4v) is 3.91. The molecule has 178 valence electrons. The van der Waals surface area contributed by atoms with Crippen molar-refractivity contribution in [3.8, 4) is 11.3 Å². The number of carbonyl (C=O) groups is 1. The Bertz CT molecular complexity index is 1230. The number of aromatic nitrogens is 2. The maximum Gasteiger partial charge on any atom is 0.255 e. The molecule has 2 atom stereocenters. The number of benzene rings is 3. The van der Waals surface area contributed by atoms with Gasteiger partial charge in [0.15, 0.2) is 0 Å². The van der Waals surface area contributed by atoms with Crippen molar-refractivity contribution in [2.75, 3.05) is 18.5 Å². The SMILES string of the molecule is CC(CNC(=O)c1cnc(N(C)Cc2ccccc2)nc1-c1ccccc1)C(O)c1ccccc1. The summed E-state index contributed by atoms with van der Waals surface area (Å²) >= 11 is 0. The molecule has 1 aromatic heterocycles. The Morgan fingerprint density at radius 2 is 1.54 bits per heavy atom. The van der Waals surface area contributed by atoms with Crippen molar-refractivity contribution in [1.29, 1.82) is 0 Å². The Labute approximate surface area is 206 Å². The quantitative estimate of drug-likeness (QED) is 0.368. The Kier molecular flexibility index (Phi) is 7.85. The smallest absolute Gasteiger partial charge is 0.255 e. The number of nitrogens with zero attached hydrogens (tertiary/aromatic N) is 3. The number of anilines is 1. The first-order valence-corrected chi connectivity index (χ1v) is 11.7. The number of amides is 1. The number of aliphatic hydroxyl groups excluding tert-OH is 1. The van der Waals surface area contributed by atoms with Crippen molar-refractivity contribution in [2.45, 2.75) is 19.6 Å². The summed E-state index contributed by atoms with van der Waals surface area (Å²) in [5.74, 6) is 0.101. The molecule has 6 nitrogen and oxygen atoms in total. The van der Waals surface area contributed by atoms with Crippen LogP contribution >= 0.6 is 0 Å². The van der Waals surface area contributed by atoms with Gasteiger partial charge < -0.3 is 15.3 Å². The highest BCUT2D eigenvalue weighted by Crippen LogP contribution is 2.25. The largest absolute Gasteiger partial charge is 0.388 e. The lowest BCUT2D eigenvalue weighted by Crippen LogP contribution is -2.31. The van der Waals surface area contributed by atoms with Gasteiger partial charge in [-0.3, -0.25) is 4.79 Å². The molecule has 2 unspecified atom stereocenters. The predicted molar refractivity (Wildman–Crippen MR) is 139 cm³/mol. The average Bonchev–Trinajstić information content (AvgIpc) is 2.92. The number of hydrogen-bond donors (Lipinski definition) is 2. The lowest BCUT2D eigenvalue weighted by Gasteiger charge is -2.21. The van der Waals surface area contributed by atoms with Gasteiger partial charge in [-0.1, -0.05) is 97.9 Å². The molecule has 4 aromatic rings. The lowest BCUT2D eigenvalue weighted by molar-refractivity contribution is 0.0896. The van der Waals surface area contributed by atoms with E-state index in [4.69, 9.17) is 4.98 Å². The zero-order valence-corrected chi connectivity index (χ0v) is 20.0. The van der Waals surface area contributed by atoms with Gasteiger partial charge in [-0.2, -0.15) is 0 Å². The van der Waals surface area contributed by atoms with Crippen molar-refractivity contribution in [1.82, 2.24) is 15.3 Å². The van der Waals surface area contributed by atoms with E-state index >= 15 is 0 Å². The molecule has 1 heterocycles. The minimum Gasteiger partial charge on any atom is -0.388 e. The third-order valence-corrected chi connectivity index (χ3v) is 5.94. The number of hydrogen-bond acceptors (Lipinski definition) is 5. The standard InChI is InChI=1S/C29H30N4O2/c1-21(27(34)24-16-10-5-11-17-24)18-30-28(35)25-19-31-29(32-26(25)23-14-8-4-9-15-23)33(2)20-22-12-6-3-7-13-22/h3-17,19,21,27,34H,18,20H2,1-2H3,(H,30,35). The Morgan fingerprint density at radius 3 is 2.20 bits per heavy atom. The molecule has 0 aliphatic carbocycles. The van der Waals surface area contributed by atoms with E-state index in [-0.39, 0.29) is 11.8 Å². The first-order valence-electron chi connectivity index (χ1n) is 11.7. The van der Waals surface area contributed by atoms with E-state index in [0.717, 1.165) is 16.7 Å². The van der Waals surface area contributed by atoms with Crippen LogP contribution in [0.15, 0.2) is 97.2 Å². The number of rotatable bonds is 9. The topological polar surface area (TPSA) is 78.4 Å². The molecule has 6 heteroatoms. The van der Waals surface area contributed by atoms with Crippen molar-refractivity contribution in [3.05, 3.63) is 114 Å². The summed E-state index contributed by atoms with van der Waals surface area (Å²) in [6, 6.07) is 29.2. The fraction of sp³-hybridized carbons (Fsp3) is 0.207. The number of carbonyl (C=O) groups excluding carboxylic acids is 1. The van der Waals surface area contributed by atoms with E-state index in [9.17, 15) is 9.90 Å². The zero-order valence-electron chi connectivity index (χ0n) is 20.0. The summed E-state index contributed by atoms with van der Waals surface area (Å²) in [6.45, 7) is 2.88. The molecule has 3 aromatic carbocycles. The molecule has 0 radical (unpaired) electrons. The third-order valence-electron chi connectivity index (χ3n) is 5.94. The molecule has 4 rings (SSSR count). The number of aliphatic hydroxyl groups is 1. The molecule has 0 saturated heterocycles. The van der Waals surface area contributed by atoms with E-state index in [2.05, 4.69) is 22.4 Å². The van der Waals surface area contributed by atoms with Gasteiger partial charge in [0.25, 0.3) is 5.91 Å². The van der Waals surface area contributed by atoms with Gasteiger partial charge in [0.2, 0.25) is 5.95 Å². The number of nitrogens with one attached hydrogen (secondary N) is 1.